The van der Waals surface area contributed by atoms with Crippen LogP contribution in [-0.4, -0.2) is 15.9 Å². The lowest BCUT2D eigenvalue weighted by Gasteiger charge is -2.08. The molecule has 3 rings (SSSR count). The molecule has 0 aliphatic heterocycles. The zero-order valence-corrected chi connectivity index (χ0v) is 14.9. The first-order valence-electron chi connectivity index (χ1n) is 7.58. The van der Waals surface area contributed by atoms with Gasteiger partial charge in [0.25, 0.3) is 5.91 Å². The van der Waals surface area contributed by atoms with E-state index in [4.69, 9.17) is 23.2 Å². The fourth-order valence-electron chi connectivity index (χ4n) is 2.11. The molecule has 1 heterocycles. The van der Waals surface area contributed by atoms with Crippen LogP contribution in [0, 0.1) is 5.82 Å². The minimum Gasteiger partial charge on any atom is -0.347 e. The van der Waals surface area contributed by atoms with Crippen LogP contribution in [-0.2, 0) is 6.54 Å². The first kappa shape index (κ1) is 18.1. The van der Waals surface area contributed by atoms with Crippen LogP contribution in [0.2, 0.25) is 10.0 Å². The molecule has 0 saturated carbocycles. The average Bonchev–Trinajstić information content (AvgIpc) is 2.64. The van der Waals surface area contributed by atoms with E-state index in [0.29, 0.717) is 21.6 Å². The second kappa shape index (κ2) is 8.12. The van der Waals surface area contributed by atoms with Crippen LogP contribution >= 0.6 is 23.2 Å². The third kappa shape index (κ3) is 4.68. The zero-order chi connectivity index (χ0) is 18.5. The van der Waals surface area contributed by atoms with E-state index < -0.39 is 0 Å². The van der Waals surface area contributed by atoms with E-state index in [1.807, 2.05) is 0 Å². The number of hydrogen-bond acceptors (Lipinski definition) is 4. The Labute approximate surface area is 159 Å². The lowest BCUT2D eigenvalue weighted by Crippen LogP contribution is -2.24. The molecule has 0 atom stereocenters. The minimum atomic E-state index is -0.377. The third-order valence-corrected chi connectivity index (χ3v) is 3.99. The molecule has 0 unspecified atom stereocenters. The van der Waals surface area contributed by atoms with Gasteiger partial charge in [-0.1, -0.05) is 35.3 Å². The Morgan fingerprint density at radius 2 is 1.81 bits per heavy atom. The van der Waals surface area contributed by atoms with Gasteiger partial charge in [0.05, 0.1) is 23.1 Å². The predicted molar refractivity (Wildman–Crippen MR) is 99.3 cm³/mol. The standard InChI is InChI=1S/C18H13Cl2FN4O/c19-12-3-6-15(14(20)7-12)25-17-10-22-16(9-23-17)18(26)24-8-11-1-4-13(21)5-2-11/h1-7,9-10H,8H2,(H,23,25)(H,24,26). The van der Waals surface area contributed by atoms with Crippen LogP contribution in [0.25, 0.3) is 0 Å². The van der Waals surface area contributed by atoms with Gasteiger partial charge in [-0.15, -0.1) is 0 Å². The number of benzene rings is 2. The van der Waals surface area contributed by atoms with Gasteiger partial charge >= 0.3 is 0 Å². The normalized spacial score (nSPS) is 10.4. The predicted octanol–water partition coefficient (Wildman–Crippen LogP) is 4.60. The van der Waals surface area contributed by atoms with Crippen LogP contribution < -0.4 is 10.6 Å². The number of halogens is 3. The number of anilines is 2. The van der Waals surface area contributed by atoms with Crippen molar-refractivity contribution >= 4 is 40.6 Å². The molecule has 8 heteroatoms. The van der Waals surface area contributed by atoms with Crippen molar-refractivity contribution in [2.24, 2.45) is 0 Å². The lowest BCUT2D eigenvalue weighted by molar-refractivity contribution is 0.0945. The van der Waals surface area contributed by atoms with E-state index in [1.54, 1.807) is 30.3 Å². The van der Waals surface area contributed by atoms with Crippen LogP contribution in [0.15, 0.2) is 54.9 Å². The smallest absolute Gasteiger partial charge is 0.271 e. The van der Waals surface area contributed by atoms with Gasteiger partial charge in [-0.25, -0.2) is 14.4 Å². The fourth-order valence-corrected chi connectivity index (χ4v) is 2.57. The Balaban J connectivity index is 1.61. The molecule has 26 heavy (non-hydrogen) atoms. The van der Waals surface area contributed by atoms with Gasteiger partial charge in [0, 0.05) is 11.6 Å². The van der Waals surface area contributed by atoms with Crippen molar-refractivity contribution in [2.75, 3.05) is 5.32 Å². The number of amides is 1. The highest BCUT2D eigenvalue weighted by atomic mass is 35.5. The summed E-state index contributed by atoms with van der Waals surface area (Å²) in [4.78, 5) is 20.3. The summed E-state index contributed by atoms with van der Waals surface area (Å²) in [5.74, 6) is -0.267. The number of aromatic nitrogens is 2. The molecule has 0 aliphatic rings. The SMILES string of the molecule is O=C(NCc1ccc(F)cc1)c1cnc(Nc2ccc(Cl)cc2Cl)cn1. The van der Waals surface area contributed by atoms with Crippen LogP contribution in [0.1, 0.15) is 16.1 Å². The highest BCUT2D eigenvalue weighted by molar-refractivity contribution is 6.36. The van der Waals surface area contributed by atoms with Crippen molar-refractivity contribution in [2.45, 2.75) is 6.54 Å². The molecule has 0 saturated heterocycles. The molecular weight excluding hydrogens is 378 g/mol. The number of nitrogens with one attached hydrogen (secondary N) is 2. The Kier molecular flexibility index (Phi) is 5.65. The highest BCUT2D eigenvalue weighted by Gasteiger charge is 2.09. The quantitative estimate of drug-likeness (QED) is 0.668. The first-order chi connectivity index (χ1) is 12.5. The minimum absolute atomic E-state index is 0.167. The molecule has 2 N–H and O–H groups in total. The lowest BCUT2D eigenvalue weighted by atomic mass is 10.2. The van der Waals surface area contributed by atoms with Gasteiger partial charge in [0.1, 0.15) is 17.3 Å². The molecule has 1 aromatic heterocycles. The Hall–Kier alpha value is -2.70. The molecule has 0 aliphatic carbocycles. The summed E-state index contributed by atoms with van der Waals surface area (Å²) in [6.07, 6.45) is 2.78. The van der Waals surface area contributed by atoms with E-state index in [2.05, 4.69) is 20.6 Å². The Morgan fingerprint density at radius 1 is 1.04 bits per heavy atom. The van der Waals surface area contributed by atoms with Gasteiger partial charge in [-0.3, -0.25) is 4.79 Å². The molecular formula is C18H13Cl2FN4O. The third-order valence-electron chi connectivity index (χ3n) is 3.44. The maximum Gasteiger partial charge on any atom is 0.271 e. The summed E-state index contributed by atoms with van der Waals surface area (Å²) in [5, 5.41) is 6.67. The number of nitrogens with zero attached hydrogens (tertiary/aromatic N) is 2. The molecule has 0 bridgehead atoms. The maximum atomic E-state index is 12.9. The molecule has 2 aromatic carbocycles. The largest absolute Gasteiger partial charge is 0.347 e. The fraction of sp³-hybridized carbons (Fsp3) is 0.0556. The van der Waals surface area contributed by atoms with Gasteiger partial charge < -0.3 is 10.6 Å². The van der Waals surface area contributed by atoms with Crippen molar-refractivity contribution in [1.82, 2.24) is 15.3 Å². The Bertz CT molecular complexity index is 917. The number of carbonyl (C=O) groups is 1. The van der Waals surface area contributed by atoms with Crippen LogP contribution in [0.4, 0.5) is 15.9 Å². The number of carbonyl (C=O) groups excluding carboxylic acids is 1. The summed E-state index contributed by atoms with van der Waals surface area (Å²) >= 11 is 11.9. The van der Waals surface area contributed by atoms with Crippen molar-refractivity contribution in [3.05, 3.63) is 82.0 Å². The summed E-state index contributed by atoms with van der Waals surface area (Å²) in [6, 6.07) is 10.9. The number of hydrogen-bond donors (Lipinski definition) is 2. The molecule has 0 radical (unpaired) electrons. The average molecular weight is 391 g/mol. The number of rotatable bonds is 5. The first-order valence-corrected chi connectivity index (χ1v) is 8.33. The van der Waals surface area contributed by atoms with E-state index in [-0.39, 0.29) is 24.0 Å². The molecule has 5 nitrogen and oxygen atoms in total. The van der Waals surface area contributed by atoms with Gasteiger partial charge in [0.15, 0.2) is 0 Å². The van der Waals surface area contributed by atoms with Gasteiger partial charge in [-0.05, 0) is 35.9 Å². The van der Waals surface area contributed by atoms with E-state index in [0.717, 1.165) is 5.56 Å². The topological polar surface area (TPSA) is 66.9 Å². The van der Waals surface area contributed by atoms with Crippen molar-refractivity contribution < 1.29 is 9.18 Å². The van der Waals surface area contributed by atoms with Crippen molar-refractivity contribution in [1.29, 1.82) is 0 Å². The van der Waals surface area contributed by atoms with E-state index in [9.17, 15) is 9.18 Å². The maximum absolute atomic E-state index is 12.9. The highest BCUT2D eigenvalue weighted by Crippen LogP contribution is 2.27. The summed E-state index contributed by atoms with van der Waals surface area (Å²) in [7, 11) is 0. The van der Waals surface area contributed by atoms with Crippen LogP contribution in [0.3, 0.4) is 0 Å². The van der Waals surface area contributed by atoms with Crippen molar-refractivity contribution in [3.63, 3.8) is 0 Å². The summed E-state index contributed by atoms with van der Waals surface area (Å²) in [6.45, 7) is 0.265. The molecule has 3 aromatic rings. The van der Waals surface area contributed by atoms with Crippen LogP contribution in [0.5, 0.6) is 0 Å². The Morgan fingerprint density at radius 3 is 2.46 bits per heavy atom. The van der Waals surface area contributed by atoms with Crippen molar-refractivity contribution in [3.8, 4) is 0 Å². The zero-order valence-electron chi connectivity index (χ0n) is 13.3. The molecule has 132 valence electrons. The molecule has 1 amide bonds. The van der Waals surface area contributed by atoms with E-state index in [1.165, 1.54) is 24.5 Å². The monoisotopic (exact) mass is 390 g/mol. The van der Waals surface area contributed by atoms with E-state index >= 15 is 0 Å². The second-order valence-electron chi connectivity index (χ2n) is 5.35. The summed E-state index contributed by atoms with van der Waals surface area (Å²) in [5.41, 5.74) is 1.57. The molecule has 0 fully saturated rings. The second-order valence-corrected chi connectivity index (χ2v) is 6.19. The van der Waals surface area contributed by atoms with Gasteiger partial charge in [0.2, 0.25) is 0 Å². The van der Waals surface area contributed by atoms with Gasteiger partial charge in [-0.2, -0.15) is 0 Å². The molecule has 0 spiro atoms. The summed E-state index contributed by atoms with van der Waals surface area (Å²) < 4.78 is 12.9.